The van der Waals surface area contributed by atoms with Gasteiger partial charge in [-0.3, -0.25) is 9.79 Å². The molecule has 1 saturated heterocycles. The SMILES string of the molecule is CCNC(=NCCc1nc(CC)c(C)s1)NC1CCN(C(=O)C2CCCCC2)C1. The summed E-state index contributed by atoms with van der Waals surface area (Å²) in [6.07, 6.45) is 8.72. The molecule has 0 spiro atoms. The second-order valence-electron chi connectivity index (χ2n) is 8.22. The fourth-order valence-electron chi connectivity index (χ4n) is 4.39. The van der Waals surface area contributed by atoms with Crippen molar-refractivity contribution in [2.24, 2.45) is 10.9 Å². The molecule has 7 heteroatoms. The standard InChI is InChI=1S/C22H37N5OS/c1-4-19-16(3)29-20(26-19)11-13-24-22(23-5-2)25-18-12-14-27(15-18)21(28)17-9-7-6-8-10-17/h17-18H,4-15H2,1-3H3,(H2,23,24,25). The van der Waals surface area contributed by atoms with Gasteiger partial charge in [0.1, 0.15) is 0 Å². The zero-order valence-electron chi connectivity index (χ0n) is 18.3. The number of carbonyl (C=O) groups is 1. The molecule has 2 heterocycles. The molecule has 2 fully saturated rings. The van der Waals surface area contributed by atoms with E-state index < -0.39 is 0 Å². The van der Waals surface area contributed by atoms with Crippen molar-refractivity contribution in [1.29, 1.82) is 0 Å². The minimum Gasteiger partial charge on any atom is -0.357 e. The third kappa shape index (κ3) is 6.17. The summed E-state index contributed by atoms with van der Waals surface area (Å²) in [5.41, 5.74) is 1.22. The molecule has 2 N–H and O–H groups in total. The van der Waals surface area contributed by atoms with Crippen LogP contribution in [-0.2, 0) is 17.6 Å². The first-order valence-electron chi connectivity index (χ1n) is 11.4. The number of thiazole rings is 1. The fourth-order valence-corrected chi connectivity index (χ4v) is 5.40. The van der Waals surface area contributed by atoms with E-state index in [4.69, 9.17) is 9.98 Å². The topological polar surface area (TPSA) is 69.6 Å². The van der Waals surface area contributed by atoms with Crippen LogP contribution in [-0.4, -0.2) is 54.0 Å². The van der Waals surface area contributed by atoms with E-state index in [0.717, 1.165) is 64.2 Å². The molecular formula is C22H37N5OS. The van der Waals surface area contributed by atoms with Crippen LogP contribution in [0.2, 0.25) is 0 Å². The van der Waals surface area contributed by atoms with Gasteiger partial charge in [-0.25, -0.2) is 4.98 Å². The number of aryl methyl sites for hydroxylation is 2. The Morgan fingerprint density at radius 2 is 2.03 bits per heavy atom. The Morgan fingerprint density at radius 1 is 1.24 bits per heavy atom. The van der Waals surface area contributed by atoms with E-state index in [-0.39, 0.29) is 12.0 Å². The van der Waals surface area contributed by atoms with Crippen LogP contribution in [0.25, 0.3) is 0 Å². The zero-order valence-corrected chi connectivity index (χ0v) is 19.1. The highest BCUT2D eigenvalue weighted by molar-refractivity contribution is 7.11. The molecule has 1 aliphatic heterocycles. The van der Waals surface area contributed by atoms with Crippen molar-refractivity contribution >= 4 is 23.2 Å². The van der Waals surface area contributed by atoms with E-state index in [1.165, 1.54) is 34.8 Å². The number of nitrogens with zero attached hydrogens (tertiary/aromatic N) is 3. The van der Waals surface area contributed by atoms with Crippen LogP contribution >= 0.6 is 11.3 Å². The predicted molar refractivity (Wildman–Crippen MR) is 121 cm³/mol. The smallest absolute Gasteiger partial charge is 0.225 e. The van der Waals surface area contributed by atoms with Gasteiger partial charge in [0.2, 0.25) is 5.91 Å². The van der Waals surface area contributed by atoms with Crippen molar-refractivity contribution in [2.45, 2.75) is 78.2 Å². The van der Waals surface area contributed by atoms with Crippen LogP contribution in [0.5, 0.6) is 0 Å². The number of likely N-dealkylation sites (tertiary alicyclic amines) is 1. The molecule has 1 aromatic heterocycles. The zero-order chi connectivity index (χ0) is 20.6. The number of aliphatic imine (C=N–C) groups is 1. The van der Waals surface area contributed by atoms with Gasteiger partial charge in [0.15, 0.2) is 5.96 Å². The Bertz CT molecular complexity index is 695. The molecule has 1 atom stereocenters. The maximum absolute atomic E-state index is 12.8. The lowest BCUT2D eigenvalue weighted by Crippen LogP contribution is -2.45. The van der Waals surface area contributed by atoms with Crippen LogP contribution in [0.15, 0.2) is 4.99 Å². The van der Waals surface area contributed by atoms with Gasteiger partial charge in [0, 0.05) is 49.4 Å². The number of aromatic nitrogens is 1. The molecule has 1 unspecified atom stereocenters. The predicted octanol–water partition coefficient (Wildman–Crippen LogP) is 3.29. The molecule has 162 valence electrons. The molecule has 1 aliphatic carbocycles. The van der Waals surface area contributed by atoms with Gasteiger partial charge < -0.3 is 15.5 Å². The van der Waals surface area contributed by atoms with Gasteiger partial charge in [-0.1, -0.05) is 26.2 Å². The van der Waals surface area contributed by atoms with Crippen molar-refractivity contribution in [3.05, 3.63) is 15.6 Å². The fraction of sp³-hybridized carbons (Fsp3) is 0.773. The Morgan fingerprint density at radius 3 is 2.72 bits per heavy atom. The molecule has 1 aromatic rings. The maximum Gasteiger partial charge on any atom is 0.225 e. The molecule has 6 nitrogen and oxygen atoms in total. The molecule has 1 saturated carbocycles. The highest BCUT2D eigenvalue weighted by Crippen LogP contribution is 2.26. The minimum absolute atomic E-state index is 0.263. The van der Waals surface area contributed by atoms with Gasteiger partial charge in [-0.2, -0.15) is 0 Å². The van der Waals surface area contributed by atoms with Gasteiger partial charge >= 0.3 is 0 Å². The number of carbonyl (C=O) groups excluding carboxylic acids is 1. The molecule has 2 aliphatic rings. The summed E-state index contributed by atoms with van der Waals surface area (Å²) in [6.45, 7) is 9.61. The van der Waals surface area contributed by atoms with E-state index >= 15 is 0 Å². The van der Waals surface area contributed by atoms with E-state index in [2.05, 4.69) is 36.3 Å². The summed E-state index contributed by atoms with van der Waals surface area (Å²) < 4.78 is 0. The van der Waals surface area contributed by atoms with Gasteiger partial charge in [0.05, 0.1) is 10.7 Å². The first-order valence-corrected chi connectivity index (χ1v) is 12.2. The van der Waals surface area contributed by atoms with E-state index in [1.807, 2.05) is 0 Å². The lowest BCUT2D eigenvalue weighted by Gasteiger charge is -2.26. The highest BCUT2D eigenvalue weighted by Gasteiger charge is 2.31. The van der Waals surface area contributed by atoms with E-state index in [1.54, 1.807) is 11.3 Å². The summed E-state index contributed by atoms with van der Waals surface area (Å²) >= 11 is 1.79. The van der Waals surface area contributed by atoms with Gasteiger partial charge in [-0.05, 0) is 39.5 Å². The number of amides is 1. The van der Waals surface area contributed by atoms with Crippen molar-refractivity contribution in [3.63, 3.8) is 0 Å². The first kappa shape index (κ1) is 22.1. The lowest BCUT2D eigenvalue weighted by molar-refractivity contribution is -0.135. The Kier molecular flexibility index (Phi) is 8.33. The summed E-state index contributed by atoms with van der Waals surface area (Å²) in [5, 5.41) is 8.07. The minimum atomic E-state index is 0.263. The molecule has 0 aromatic carbocycles. The van der Waals surface area contributed by atoms with Crippen LogP contribution in [0.4, 0.5) is 0 Å². The van der Waals surface area contributed by atoms with Crippen LogP contribution in [0.1, 0.15) is 68.0 Å². The van der Waals surface area contributed by atoms with Crippen LogP contribution in [0.3, 0.4) is 0 Å². The summed E-state index contributed by atoms with van der Waals surface area (Å²) in [4.78, 5) is 25.6. The van der Waals surface area contributed by atoms with E-state index in [9.17, 15) is 4.79 Å². The lowest BCUT2D eigenvalue weighted by atomic mass is 9.88. The number of nitrogens with one attached hydrogen (secondary N) is 2. The molecular weight excluding hydrogens is 382 g/mol. The summed E-state index contributed by atoms with van der Waals surface area (Å²) in [7, 11) is 0. The van der Waals surface area contributed by atoms with Crippen LogP contribution in [0, 0.1) is 12.8 Å². The van der Waals surface area contributed by atoms with Crippen LogP contribution < -0.4 is 10.6 Å². The third-order valence-electron chi connectivity index (χ3n) is 6.01. The summed E-state index contributed by atoms with van der Waals surface area (Å²) in [5.74, 6) is 1.49. The average molecular weight is 420 g/mol. The van der Waals surface area contributed by atoms with Crippen molar-refractivity contribution in [3.8, 4) is 0 Å². The second-order valence-corrected chi connectivity index (χ2v) is 9.51. The number of hydrogen-bond acceptors (Lipinski definition) is 4. The molecule has 0 bridgehead atoms. The summed E-state index contributed by atoms with van der Waals surface area (Å²) in [6, 6.07) is 0.286. The van der Waals surface area contributed by atoms with Crippen molar-refractivity contribution in [2.75, 3.05) is 26.2 Å². The molecule has 29 heavy (non-hydrogen) atoms. The Balaban J connectivity index is 1.49. The Labute approximate surface area is 179 Å². The number of hydrogen-bond donors (Lipinski definition) is 2. The third-order valence-corrected chi connectivity index (χ3v) is 7.08. The van der Waals surface area contributed by atoms with Gasteiger partial charge in [-0.15, -0.1) is 11.3 Å². The van der Waals surface area contributed by atoms with Crippen molar-refractivity contribution < 1.29 is 4.79 Å². The van der Waals surface area contributed by atoms with E-state index in [0.29, 0.717) is 5.91 Å². The Hall–Kier alpha value is -1.63. The molecule has 1 amide bonds. The monoisotopic (exact) mass is 419 g/mol. The van der Waals surface area contributed by atoms with Crippen molar-refractivity contribution in [1.82, 2.24) is 20.5 Å². The first-order chi connectivity index (χ1) is 14.1. The van der Waals surface area contributed by atoms with Gasteiger partial charge in [0.25, 0.3) is 0 Å². The molecule has 0 radical (unpaired) electrons. The largest absolute Gasteiger partial charge is 0.357 e. The normalized spacial score (nSPS) is 20.9. The maximum atomic E-state index is 12.8. The number of guanidine groups is 1. The second kappa shape index (κ2) is 11.0. The quantitative estimate of drug-likeness (QED) is 0.526. The average Bonchev–Trinajstić information content (AvgIpc) is 3.34. The molecule has 3 rings (SSSR count). The highest BCUT2D eigenvalue weighted by atomic mass is 32.1. The number of rotatable bonds is 7.